The quantitative estimate of drug-likeness (QED) is 0.386. The van der Waals surface area contributed by atoms with E-state index in [-0.39, 0.29) is 0 Å². The average Bonchev–Trinajstić information content (AvgIpc) is 2.65. The minimum absolute atomic E-state index is 0.322. The number of aliphatic hydroxyl groups is 1. The van der Waals surface area contributed by atoms with Crippen molar-refractivity contribution in [2.75, 3.05) is 27.9 Å². The summed E-state index contributed by atoms with van der Waals surface area (Å²) in [6, 6.07) is 3.77. The van der Waals surface area contributed by atoms with Gasteiger partial charge in [0.1, 0.15) is 6.23 Å². The SMILES string of the molecule is CCOC(C)CCCCCC(O)NCc1cc(OC)c(OC)c(OC)c1. The number of hydrogen-bond donors (Lipinski definition) is 2. The van der Waals surface area contributed by atoms with Gasteiger partial charge in [0.05, 0.1) is 27.4 Å². The van der Waals surface area contributed by atoms with E-state index in [1.807, 2.05) is 19.1 Å². The standard InChI is InChI=1S/C20H35NO5/c1-6-26-15(2)10-8-7-9-11-19(22)21-14-16-12-17(23-3)20(25-5)18(13-16)24-4/h12-13,15,19,21-22H,6-11,14H2,1-5H3. The van der Waals surface area contributed by atoms with Crippen LogP contribution in [0.25, 0.3) is 0 Å². The number of methoxy groups -OCH3 is 3. The van der Waals surface area contributed by atoms with E-state index >= 15 is 0 Å². The molecule has 0 radical (unpaired) electrons. The first-order valence-electron chi connectivity index (χ1n) is 9.37. The molecule has 0 heterocycles. The number of benzene rings is 1. The van der Waals surface area contributed by atoms with Crippen LogP contribution in [0.1, 0.15) is 51.5 Å². The Labute approximate surface area is 157 Å². The largest absolute Gasteiger partial charge is 0.493 e. The highest BCUT2D eigenvalue weighted by atomic mass is 16.5. The summed E-state index contributed by atoms with van der Waals surface area (Å²) in [7, 11) is 4.77. The van der Waals surface area contributed by atoms with E-state index in [1.165, 1.54) is 0 Å². The second kappa shape index (κ2) is 12.8. The predicted molar refractivity (Wildman–Crippen MR) is 103 cm³/mol. The first kappa shape index (κ1) is 22.5. The summed E-state index contributed by atoms with van der Waals surface area (Å²) in [5.74, 6) is 1.80. The summed E-state index contributed by atoms with van der Waals surface area (Å²) >= 11 is 0. The number of rotatable bonds is 14. The Balaban J connectivity index is 2.37. The van der Waals surface area contributed by atoms with Crippen molar-refractivity contribution in [1.29, 1.82) is 0 Å². The Kier molecular flexibility index (Phi) is 11.1. The molecular weight excluding hydrogens is 334 g/mol. The minimum Gasteiger partial charge on any atom is -0.493 e. The van der Waals surface area contributed by atoms with Gasteiger partial charge in [0.15, 0.2) is 11.5 Å². The maximum absolute atomic E-state index is 10.1. The van der Waals surface area contributed by atoms with Crippen molar-refractivity contribution in [2.24, 2.45) is 0 Å². The average molecular weight is 370 g/mol. The molecule has 0 saturated carbocycles. The number of hydrogen-bond acceptors (Lipinski definition) is 6. The summed E-state index contributed by atoms with van der Waals surface area (Å²) in [4.78, 5) is 0. The maximum atomic E-state index is 10.1. The van der Waals surface area contributed by atoms with Crippen molar-refractivity contribution in [3.63, 3.8) is 0 Å². The fourth-order valence-corrected chi connectivity index (χ4v) is 2.89. The molecule has 0 aliphatic carbocycles. The summed E-state index contributed by atoms with van der Waals surface area (Å²) in [6.45, 7) is 5.42. The van der Waals surface area contributed by atoms with Crippen molar-refractivity contribution in [1.82, 2.24) is 5.32 Å². The van der Waals surface area contributed by atoms with Crippen molar-refractivity contribution in [3.05, 3.63) is 17.7 Å². The van der Waals surface area contributed by atoms with E-state index in [0.29, 0.717) is 29.9 Å². The summed E-state index contributed by atoms with van der Waals surface area (Å²) < 4.78 is 21.5. The molecule has 2 N–H and O–H groups in total. The third-order valence-electron chi connectivity index (χ3n) is 4.31. The number of unbranched alkanes of at least 4 members (excludes halogenated alkanes) is 2. The minimum atomic E-state index is -0.529. The Morgan fingerprint density at radius 1 is 0.962 bits per heavy atom. The van der Waals surface area contributed by atoms with Crippen LogP contribution >= 0.6 is 0 Å². The van der Waals surface area contributed by atoms with Gasteiger partial charge < -0.3 is 24.1 Å². The third kappa shape index (κ3) is 7.81. The smallest absolute Gasteiger partial charge is 0.203 e. The fourth-order valence-electron chi connectivity index (χ4n) is 2.89. The lowest BCUT2D eigenvalue weighted by atomic mass is 10.1. The molecule has 1 aromatic rings. The van der Waals surface area contributed by atoms with Crippen LogP contribution in [0.3, 0.4) is 0 Å². The highest BCUT2D eigenvalue weighted by Crippen LogP contribution is 2.38. The molecule has 0 spiro atoms. The molecule has 0 bridgehead atoms. The Morgan fingerprint density at radius 3 is 2.12 bits per heavy atom. The van der Waals surface area contributed by atoms with E-state index in [2.05, 4.69) is 12.2 Å². The van der Waals surface area contributed by atoms with Crippen LogP contribution in [0.15, 0.2) is 12.1 Å². The van der Waals surface area contributed by atoms with Gasteiger partial charge in [0.25, 0.3) is 0 Å². The molecule has 1 rings (SSSR count). The monoisotopic (exact) mass is 369 g/mol. The molecule has 0 saturated heterocycles. The highest BCUT2D eigenvalue weighted by Gasteiger charge is 2.13. The van der Waals surface area contributed by atoms with Crippen LogP contribution in [-0.4, -0.2) is 45.4 Å². The fraction of sp³-hybridized carbons (Fsp3) is 0.700. The Morgan fingerprint density at radius 2 is 1.58 bits per heavy atom. The van der Waals surface area contributed by atoms with E-state index in [9.17, 15) is 5.11 Å². The molecule has 6 heteroatoms. The van der Waals surface area contributed by atoms with Gasteiger partial charge in [0, 0.05) is 13.2 Å². The zero-order chi connectivity index (χ0) is 19.4. The second-order valence-corrected chi connectivity index (χ2v) is 6.33. The van der Waals surface area contributed by atoms with Crippen LogP contribution in [0, 0.1) is 0 Å². The molecule has 2 atom stereocenters. The third-order valence-corrected chi connectivity index (χ3v) is 4.31. The maximum Gasteiger partial charge on any atom is 0.203 e. The molecule has 26 heavy (non-hydrogen) atoms. The van der Waals surface area contributed by atoms with Gasteiger partial charge in [-0.3, -0.25) is 5.32 Å². The molecule has 0 fully saturated rings. The highest BCUT2D eigenvalue weighted by molar-refractivity contribution is 5.53. The Hall–Kier alpha value is -1.50. The van der Waals surface area contributed by atoms with Gasteiger partial charge in [-0.15, -0.1) is 0 Å². The summed E-state index contributed by atoms with van der Waals surface area (Å²) in [5, 5.41) is 13.3. The molecule has 0 amide bonds. The van der Waals surface area contributed by atoms with E-state index in [0.717, 1.165) is 44.3 Å². The molecule has 150 valence electrons. The second-order valence-electron chi connectivity index (χ2n) is 6.33. The Bertz CT molecular complexity index is 484. The van der Waals surface area contributed by atoms with Crippen molar-refractivity contribution in [3.8, 4) is 17.2 Å². The van der Waals surface area contributed by atoms with Gasteiger partial charge in [0.2, 0.25) is 5.75 Å². The molecule has 0 aliphatic rings. The van der Waals surface area contributed by atoms with Gasteiger partial charge in [-0.1, -0.05) is 12.8 Å². The molecule has 1 aromatic carbocycles. The lowest BCUT2D eigenvalue weighted by Gasteiger charge is -2.16. The predicted octanol–water partition coefficient (Wildman–Crippen LogP) is 3.50. The summed E-state index contributed by atoms with van der Waals surface area (Å²) in [6.07, 6.45) is 4.81. The van der Waals surface area contributed by atoms with Gasteiger partial charge in [-0.05, 0) is 50.8 Å². The van der Waals surface area contributed by atoms with E-state index in [1.54, 1.807) is 21.3 Å². The molecule has 0 aromatic heterocycles. The number of ether oxygens (including phenoxy) is 4. The van der Waals surface area contributed by atoms with Gasteiger partial charge in [-0.2, -0.15) is 0 Å². The van der Waals surface area contributed by atoms with Crippen LogP contribution in [0.5, 0.6) is 17.2 Å². The van der Waals surface area contributed by atoms with Crippen molar-refractivity contribution in [2.45, 2.75) is 64.8 Å². The van der Waals surface area contributed by atoms with Gasteiger partial charge in [-0.25, -0.2) is 0 Å². The summed E-state index contributed by atoms with van der Waals surface area (Å²) in [5.41, 5.74) is 0.962. The molecular formula is C20H35NO5. The molecule has 6 nitrogen and oxygen atoms in total. The van der Waals surface area contributed by atoms with Crippen molar-refractivity contribution < 1.29 is 24.1 Å². The topological polar surface area (TPSA) is 69.2 Å². The van der Waals surface area contributed by atoms with E-state index in [4.69, 9.17) is 18.9 Å². The van der Waals surface area contributed by atoms with E-state index < -0.39 is 6.23 Å². The van der Waals surface area contributed by atoms with Crippen LogP contribution in [-0.2, 0) is 11.3 Å². The first-order chi connectivity index (χ1) is 12.5. The number of nitrogens with one attached hydrogen (secondary N) is 1. The number of aliphatic hydroxyl groups excluding tert-OH is 1. The lowest BCUT2D eigenvalue weighted by Crippen LogP contribution is -2.28. The molecule has 2 unspecified atom stereocenters. The molecule has 0 aliphatic heterocycles. The van der Waals surface area contributed by atoms with Crippen LogP contribution < -0.4 is 19.5 Å². The van der Waals surface area contributed by atoms with Gasteiger partial charge >= 0.3 is 0 Å². The lowest BCUT2D eigenvalue weighted by molar-refractivity contribution is 0.0678. The van der Waals surface area contributed by atoms with Crippen LogP contribution in [0.4, 0.5) is 0 Å². The zero-order valence-corrected chi connectivity index (χ0v) is 16.8. The van der Waals surface area contributed by atoms with Crippen molar-refractivity contribution >= 4 is 0 Å². The zero-order valence-electron chi connectivity index (χ0n) is 16.8. The normalized spacial score (nSPS) is 13.3. The van der Waals surface area contributed by atoms with Crippen LogP contribution in [0.2, 0.25) is 0 Å². The first-order valence-corrected chi connectivity index (χ1v) is 9.37.